The molecule has 2 rings (SSSR count). The third-order valence-electron chi connectivity index (χ3n) is 3.08. The van der Waals surface area contributed by atoms with Gasteiger partial charge in [-0.1, -0.05) is 24.3 Å². The molecule has 1 aromatic carbocycles. The van der Waals surface area contributed by atoms with E-state index in [4.69, 9.17) is 0 Å². The summed E-state index contributed by atoms with van der Waals surface area (Å²) in [5, 5.41) is 0. The van der Waals surface area contributed by atoms with Crippen LogP contribution >= 0.6 is 0 Å². The molecule has 0 amide bonds. The van der Waals surface area contributed by atoms with E-state index in [1.807, 2.05) is 25.1 Å². The Morgan fingerprint density at radius 3 is 2.67 bits per heavy atom. The van der Waals surface area contributed by atoms with Crippen LogP contribution in [-0.4, -0.2) is 10.8 Å². The Bertz CT molecular complexity index is 561. The first kappa shape index (κ1) is 12.5. The minimum absolute atomic E-state index is 0.162. The van der Waals surface area contributed by atoms with E-state index in [9.17, 15) is 4.79 Å². The summed E-state index contributed by atoms with van der Waals surface area (Å²) >= 11 is 0. The number of nitrogens with zero attached hydrogens (tertiary/aromatic N) is 1. The molecule has 0 N–H and O–H groups in total. The van der Waals surface area contributed by atoms with Gasteiger partial charge >= 0.3 is 0 Å². The lowest BCUT2D eigenvalue weighted by Gasteiger charge is -2.05. The van der Waals surface area contributed by atoms with Crippen LogP contribution in [0, 0.1) is 13.8 Å². The highest BCUT2D eigenvalue weighted by Gasteiger charge is 2.07. The van der Waals surface area contributed by atoms with Crippen molar-refractivity contribution in [2.45, 2.75) is 26.7 Å². The van der Waals surface area contributed by atoms with Crippen molar-refractivity contribution in [3.8, 4) is 0 Å². The minimum atomic E-state index is 0.162. The lowest BCUT2D eigenvalue weighted by molar-refractivity contribution is 0.0982. The first-order valence-corrected chi connectivity index (χ1v) is 6.16. The number of aromatic nitrogens is 1. The van der Waals surface area contributed by atoms with Crippen molar-refractivity contribution in [3.63, 3.8) is 0 Å². The Morgan fingerprint density at radius 1 is 1.17 bits per heavy atom. The van der Waals surface area contributed by atoms with E-state index in [-0.39, 0.29) is 5.78 Å². The molecule has 0 aliphatic heterocycles. The van der Waals surface area contributed by atoms with Crippen LogP contribution in [0.5, 0.6) is 0 Å². The Labute approximate surface area is 108 Å². The predicted molar refractivity (Wildman–Crippen MR) is 72.8 cm³/mol. The lowest BCUT2D eigenvalue weighted by atomic mass is 10.00. The van der Waals surface area contributed by atoms with Gasteiger partial charge in [-0.05, 0) is 43.0 Å². The smallest absolute Gasteiger partial charge is 0.164 e. The Kier molecular flexibility index (Phi) is 3.88. The van der Waals surface area contributed by atoms with Crippen LogP contribution in [-0.2, 0) is 6.42 Å². The van der Waals surface area contributed by atoms with E-state index in [0.717, 1.165) is 12.0 Å². The second-order valence-corrected chi connectivity index (χ2v) is 4.60. The normalized spacial score (nSPS) is 10.3. The number of Topliss-reactive ketones (excluding diaryl/α,β-unsaturated/α-hetero) is 1. The van der Waals surface area contributed by atoms with Gasteiger partial charge in [-0.2, -0.15) is 0 Å². The van der Waals surface area contributed by atoms with Gasteiger partial charge in [0.25, 0.3) is 0 Å². The van der Waals surface area contributed by atoms with Crippen molar-refractivity contribution in [2.24, 2.45) is 0 Å². The molecule has 0 aliphatic rings. The molecule has 0 fully saturated rings. The van der Waals surface area contributed by atoms with E-state index in [2.05, 4.69) is 24.0 Å². The highest BCUT2D eigenvalue weighted by atomic mass is 16.1. The van der Waals surface area contributed by atoms with Crippen LogP contribution in [0.1, 0.15) is 33.5 Å². The molecule has 0 spiro atoms. The maximum absolute atomic E-state index is 12.0. The van der Waals surface area contributed by atoms with E-state index in [0.29, 0.717) is 12.0 Å². The number of ketones is 1. The number of hydrogen-bond acceptors (Lipinski definition) is 2. The summed E-state index contributed by atoms with van der Waals surface area (Å²) in [4.78, 5) is 16.1. The topological polar surface area (TPSA) is 30.0 Å². The number of benzene rings is 1. The molecular weight excluding hydrogens is 222 g/mol. The van der Waals surface area contributed by atoms with Crippen molar-refractivity contribution in [3.05, 3.63) is 65.0 Å². The van der Waals surface area contributed by atoms with Gasteiger partial charge in [0.05, 0.1) is 0 Å². The third-order valence-corrected chi connectivity index (χ3v) is 3.08. The SMILES string of the molecule is Cc1cncc(C(=O)CCc2ccccc2C)c1. The van der Waals surface area contributed by atoms with Gasteiger partial charge in [-0.25, -0.2) is 0 Å². The van der Waals surface area contributed by atoms with Gasteiger partial charge in [0.1, 0.15) is 0 Å². The van der Waals surface area contributed by atoms with E-state index in [1.165, 1.54) is 11.1 Å². The quantitative estimate of drug-likeness (QED) is 0.764. The summed E-state index contributed by atoms with van der Waals surface area (Å²) in [7, 11) is 0. The highest BCUT2D eigenvalue weighted by Crippen LogP contribution is 2.12. The van der Waals surface area contributed by atoms with Crippen LogP contribution in [0.4, 0.5) is 0 Å². The van der Waals surface area contributed by atoms with Gasteiger partial charge in [0.15, 0.2) is 5.78 Å². The van der Waals surface area contributed by atoms with Gasteiger partial charge in [0.2, 0.25) is 0 Å². The van der Waals surface area contributed by atoms with Gasteiger partial charge in [-0.3, -0.25) is 9.78 Å². The fourth-order valence-electron chi connectivity index (χ4n) is 1.99. The molecule has 0 saturated carbocycles. The van der Waals surface area contributed by atoms with Crippen LogP contribution < -0.4 is 0 Å². The van der Waals surface area contributed by atoms with Crippen molar-refractivity contribution in [1.29, 1.82) is 0 Å². The van der Waals surface area contributed by atoms with Crippen LogP contribution in [0.2, 0.25) is 0 Å². The minimum Gasteiger partial charge on any atom is -0.294 e. The van der Waals surface area contributed by atoms with Gasteiger partial charge < -0.3 is 0 Å². The average Bonchev–Trinajstić information content (AvgIpc) is 2.37. The van der Waals surface area contributed by atoms with E-state index >= 15 is 0 Å². The molecule has 0 unspecified atom stereocenters. The van der Waals surface area contributed by atoms with E-state index < -0.39 is 0 Å². The van der Waals surface area contributed by atoms with Crippen molar-refractivity contribution in [2.75, 3.05) is 0 Å². The molecule has 1 heterocycles. The molecule has 2 heteroatoms. The number of carbonyl (C=O) groups is 1. The summed E-state index contributed by atoms with van der Waals surface area (Å²) in [6.07, 6.45) is 4.74. The summed E-state index contributed by atoms with van der Waals surface area (Å²) < 4.78 is 0. The Morgan fingerprint density at radius 2 is 1.94 bits per heavy atom. The molecule has 2 aromatic rings. The third kappa shape index (κ3) is 3.04. The standard InChI is InChI=1S/C16H17NO/c1-12-9-15(11-17-10-12)16(18)8-7-14-6-4-3-5-13(14)2/h3-6,9-11H,7-8H2,1-2H3. The van der Waals surface area contributed by atoms with E-state index in [1.54, 1.807) is 12.4 Å². The number of pyridine rings is 1. The zero-order valence-electron chi connectivity index (χ0n) is 10.8. The number of carbonyl (C=O) groups excluding carboxylic acids is 1. The second-order valence-electron chi connectivity index (χ2n) is 4.60. The Hall–Kier alpha value is -1.96. The molecular formula is C16H17NO. The number of hydrogen-bond donors (Lipinski definition) is 0. The first-order valence-electron chi connectivity index (χ1n) is 6.16. The predicted octanol–water partition coefficient (Wildman–Crippen LogP) is 3.51. The summed E-state index contributed by atoms with van der Waals surface area (Å²) in [5.41, 5.74) is 4.22. The lowest BCUT2D eigenvalue weighted by Crippen LogP contribution is -2.03. The molecule has 0 aliphatic carbocycles. The average molecular weight is 239 g/mol. The molecule has 0 bridgehead atoms. The van der Waals surface area contributed by atoms with Gasteiger partial charge in [-0.15, -0.1) is 0 Å². The largest absolute Gasteiger partial charge is 0.294 e. The monoisotopic (exact) mass is 239 g/mol. The molecule has 1 aromatic heterocycles. The first-order chi connectivity index (χ1) is 8.66. The maximum atomic E-state index is 12.0. The van der Waals surface area contributed by atoms with Crippen LogP contribution in [0.25, 0.3) is 0 Å². The number of rotatable bonds is 4. The van der Waals surface area contributed by atoms with Gasteiger partial charge in [0, 0.05) is 24.4 Å². The molecule has 0 atom stereocenters. The summed E-state index contributed by atoms with van der Waals surface area (Å²) in [6, 6.07) is 10.1. The van der Waals surface area contributed by atoms with Crippen LogP contribution in [0.3, 0.4) is 0 Å². The van der Waals surface area contributed by atoms with Crippen molar-refractivity contribution < 1.29 is 4.79 Å². The number of aryl methyl sites for hydroxylation is 3. The Balaban J connectivity index is 2.03. The molecule has 18 heavy (non-hydrogen) atoms. The van der Waals surface area contributed by atoms with Crippen molar-refractivity contribution >= 4 is 5.78 Å². The fourth-order valence-corrected chi connectivity index (χ4v) is 1.99. The summed E-state index contributed by atoms with van der Waals surface area (Å²) in [6.45, 7) is 4.03. The molecule has 2 nitrogen and oxygen atoms in total. The maximum Gasteiger partial charge on any atom is 0.164 e. The molecule has 0 radical (unpaired) electrons. The zero-order chi connectivity index (χ0) is 13.0. The second kappa shape index (κ2) is 5.58. The summed E-state index contributed by atoms with van der Waals surface area (Å²) in [5.74, 6) is 0.162. The van der Waals surface area contributed by atoms with Crippen molar-refractivity contribution in [1.82, 2.24) is 4.98 Å². The molecule has 92 valence electrons. The highest BCUT2D eigenvalue weighted by molar-refractivity contribution is 5.96. The zero-order valence-corrected chi connectivity index (χ0v) is 10.8. The fraction of sp³-hybridized carbons (Fsp3) is 0.250. The van der Waals surface area contributed by atoms with Crippen LogP contribution in [0.15, 0.2) is 42.7 Å². The molecule has 0 saturated heterocycles.